The van der Waals surface area contributed by atoms with E-state index in [1.165, 1.54) is 29.6 Å². The summed E-state index contributed by atoms with van der Waals surface area (Å²) in [6.07, 6.45) is 4.45. The lowest BCUT2D eigenvalue weighted by Gasteiger charge is -2.33. The maximum absolute atomic E-state index is 13.4. The van der Waals surface area contributed by atoms with Crippen LogP contribution in [0.3, 0.4) is 0 Å². The molecule has 0 aliphatic heterocycles. The number of hydrogen-bond donors (Lipinski definition) is 1. The van der Waals surface area contributed by atoms with Crippen molar-refractivity contribution in [3.63, 3.8) is 0 Å². The molecule has 7 nitrogen and oxygen atoms in total. The van der Waals surface area contributed by atoms with Crippen molar-refractivity contribution in [2.24, 2.45) is 0 Å². The van der Waals surface area contributed by atoms with E-state index < -0.39 is 10.0 Å². The summed E-state index contributed by atoms with van der Waals surface area (Å²) in [5.74, 6) is 0.0503. The third kappa shape index (κ3) is 5.83. The van der Waals surface area contributed by atoms with Crippen LogP contribution in [0.25, 0.3) is 0 Å². The molecule has 0 heterocycles. The first kappa shape index (κ1) is 22.9. The molecule has 0 radical (unpaired) electrons. The largest absolute Gasteiger partial charge is 0.495 e. The van der Waals surface area contributed by atoms with Gasteiger partial charge >= 0.3 is 0 Å². The number of nitrogens with zero attached hydrogens (tertiary/aromatic N) is 1. The lowest BCUT2D eigenvalue weighted by Crippen LogP contribution is -2.49. The van der Waals surface area contributed by atoms with E-state index >= 15 is 0 Å². The fraction of sp³-hybridized carbons (Fsp3) is 0.632. The average Bonchev–Trinajstić information content (AvgIpc) is 2.66. The lowest BCUT2D eigenvalue weighted by atomic mass is 9.95. The molecule has 0 bridgehead atoms. The Balaban J connectivity index is 2.29. The van der Waals surface area contributed by atoms with Gasteiger partial charge in [-0.25, -0.2) is 8.42 Å². The quantitative estimate of drug-likeness (QED) is 0.648. The van der Waals surface area contributed by atoms with Gasteiger partial charge in [0.2, 0.25) is 15.9 Å². The molecule has 1 aliphatic carbocycles. The molecule has 28 heavy (non-hydrogen) atoms. The van der Waals surface area contributed by atoms with Crippen LogP contribution in [-0.4, -0.2) is 58.1 Å². The Morgan fingerprint density at radius 1 is 1.29 bits per heavy atom. The molecule has 0 spiro atoms. The third-order valence-electron chi connectivity index (χ3n) is 4.84. The summed E-state index contributed by atoms with van der Waals surface area (Å²) >= 11 is 6.13. The number of carbonyl (C=O) groups is 1. The molecule has 1 amide bonds. The fourth-order valence-electron chi connectivity index (χ4n) is 3.48. The van der Waals surface area contributed by atoms with Crippen molar-refractivity contribution in [2.45, 2.75) is 56.0 Å². The minimum atomic E-state index is -3.89. The predicted molar refractivity (Wildman–Crippen MR) is 108 cm³/mol. The first-order valence-electron chi connectivity index (χ1n) is 9.43. The summed E-state index contributed by atoms with van der Waals surface area (Å²) in [7, 11) is -0.872. The summed E-state index contributed by atoms with van der Waals surface area (Å²) in [6, 6.07) is 3.94. The van der Waals surface area contributed by atoms with E-state index in [1.54, 1.807) is 7.11 Å². The zero-order valence-electron chi connectivity index (χ0n) is 16.6. The topological polar surface area (TPSA) is 84.9 Å². The summed E-state index contributed by atoms with van der Waals surface area (Å²) < 4.78 is 38.2. The molecule has 9 heteroatoms. The first-order chi connectivity index (χ1) is 13.3. The second-order valence-corrected chi connectivity index (χ2v) is 9.36. The number of rotatable bonds is 9. The average molecular weight is 433 g/mol. The standard InChI is InChI=1S/C19H29ClN2O5S/c1-14(13-26-2)21-19(23)12-22(15-7-5-4-6-8-15)28(24,25)16-9-10-18(27-3)17(20)11-16/h9-11,14-15H,4-8,12-13H2,1-3H3,(H,21,23)/t14-/m0/s1. The van der Waals surface area contributed by atoms with Crippen LogP contribution in [0.4, 0.5) is 0 Å². The number of sulfonamides is 1. The monoisotopic (exact) mass is 432 g/mol. The lowest BCUT2D eigenvalue weighted by molar-refractivity contribution is -0.122. The molecule has 1 atom stereocenters. The van der Waals surface area contributed by atoms with Gasteiger partial charge in [0.05, 0.1) is 30.2 Å². The summed E-state index contributed by atoms with van der Waals surface area (Å²) in [5, 5.41) is 3.00. The second-order valence-electron chi connectivity index (χ2n) is 7.06. The van der Waals surface area contributed by atoms with Gasteiger partial charge in [0.25, 0.3) is 0 Å². The molecule has 1 aromatic carbocycles. The van der Waals surface area contributed by atoms with Crippen molar-refractivity contribution in [1.82, 2.24) is 9.62 Å². The number of amides is 1. The molecule has 158 valence electrons. The van der Waals surface area contributed by atoms with E-state index in [1.807, 2.05) is 6.92 Å². The van der Waals surface area contributed by atoms with Crippen molar-refractivity contribution in [2.75, 3.05) is 27.4 Å². The Kier molecular flexibility index (Phi) is 8.55. The van der Waals surface area contributed by atoms with E-state index in [0.29, 0.717) is 12.4 Å². The summed E-state index contributed by atoms with van der Waals surface area (Å²) in [4.78, 5) is 12.6. The van der Waals surface area contributed by atoms with E-state index in [0.717, 1.165) is 32.1 Å². The Labute approximate surface area is 172 Å². The maximum atomic E-state index is 13.4. The maximum Gasteiger partial charge on any atom is 0.243 e. The molecular weight excluding hydrogens is 404 g/mol. The molecule has 1 aliphatic rings. The fourth-order valence-corrected chi connectivity index (χ4v) is 5.47. The van der Waals surface area contributed by atoms with Crippen LogP contribution >= 0.6 is 11.6 Å². The van der Waals surface area contributed by atoms with Gasteiger partial charge in [0.15, 0.2) is 0 Å². The summed E-state index contributed by atoms with van der Waals surface area (Å²) in [6.45, 7) is 1.94. The molecule has 1 N–H and O–H groups in total. The van der Waals surface area contributed by atoms with Crippen molar-refractivity contribution in [3.8, 4) is 5.75 Å². The second kappa shape index (κ2) is 10.4. The van der Waals surface area contributed by atoms with Crippen molar-refractivity contribution < 1.29 is 22.7 Å². The number of ether oxygens (including phenoxy) is 2. The summed E-state index contributed by atoms with van der Waals surface area (Å²) in [5.41, 5.74) is 0. The number of halogens is 1. The Morgan fingerprint density at radius 3 is 2.54 bits per heavy atom. The number of methoxy groups -OCH3 is 2. The van der Waals surface area contributed by atoms with Gasteiger partial charge in [-0.15, -0.1) is 0 Å². The smallest absolute Gasteiger partial charge is 0.243 e. The molecule has 0 saturated heterocycles. The van der Waals surface area contributed by atoms with Gasteiger partial charge in [-0.05, 0) is 38.0 Å². The SMILES string of the molecule is COC[C@H](C)NC(=O)CN(C1CCCCC1)S(=O)(=O)c1ccc(OC)c(Cl)c1. The van der Waals surface area contributed by atoms with Gasteiger partial charge in [-0.2, -0.15) is 4.31 Å². The minimum absolute atomic E-state index is 0.0570. The zero-order valence-corrected chi connectivity index (χ0v) is 18.2. The molecule has 1 aromatic rings. The van der Waals surface area contributed by atoms with E-state index in [2.05, 4.69) is 5.32 Å². The van der Waals surface area contributed by atoms with Crippen molar-refractivity contribution >= 4 is 27.5 Å². The Hall–Kier alpha value is -1.35. The molecule has 2 rings (SSSR count). The van der Waals surface area contributed by atoms with E-state index in [4.69, 9.17) is 21.1 Å². The van der Waals surface area contributed by atoms with Gasteiger partial charge in [-0.1, -0.05) is 30.9 Å². The van der Waals surface area contributed by atoms with Crippen LogP contribution in [0.15, 0.2) is 23.1 Å². The highest BCUT2D eigenvalue weighted by Gasteiger charge is 2.34. The van der Waals surface area contributed by atoms with Crippen LogP contribution in [0.2, 0.25) is 5.02 Å². The highest BCUT2D eigenvalue weighted by atomic mass is 35.5. The van der Waals surface area contributed by atoms with Gasteiger partial charge in [0.1, 0.15) is 5.75 Å². The van der Waals surface area contributed by atoms with E-state index in [-0.39, 0.29) is 34.5 Å². The number of carbonyl (C=O) groups excluding carboxylic acids is 1. The molecule has 1 saturated carbocycles. The van der Waals surface area contributed by atoms with Crippen molar-refractivity contribution in [1.29, 1.82) is 0 Å². The predicted octanol–water partition coefficient (Wildman–Crippen LogP) is 2.82. The van der Waals surface area contributed by atoms with Crippen LogP contribution in [0, 0.1) is 0 Å². The van der Waals surface area contributed by atoms with Crippen molar-refractivity contribution in [3.05, 3.63) is 23.2 Å². The number of benzene rings is 1. The van der Waals surface area contributed by atoms with Crippen LogP contribution in [0.5, 0.6) is 5.75 Å². The molecule has 0 unspecified atom stereocenters. The Morgan fingerprint density at radius 2 is 1.96 bits per heavy atom. The number of nitrogens with one attached hydrogen (secondary N) is 1. The normalized spacial score (nSPS) is 16.8. The molecule has 0 aromatic heterocycles. The van der Waals surface area contributed by atoms with Gasteiger partial charge in [0, 0.05) is 19.2 Å². The number of hydrogen-bond acceptors (Lipinski definition) is 5. The van der Waals surface area contributed by atoms with Crippen LogP contribution in [-0.2, 0) is 19.6 Å². The first-order valence-corrected chi connectivity index (χ1v) is 11.2. The van der Waals surface area contributed by atoms with E-state index in [9.17, 15) is 13.2 Å². The Bertz CT molecular complexity index is 766. The van der Waals surface area contributed by atoms with Crippen LogP contribution < -0.4 is 10.1 Å². The highest BCUT2D eigenvalue weighted by Crippen LogP contribution is 2.31. The zero-order chi connectivity index (χ0) is 20.7. The highest BCUT2D eigenvalue weighted by molar-refractivity contribution is 7.89. The third-order valence-corrected chi connectivity index (χ3v) is 7.03. The van der Waals surface area contributed by atoms with Gasteiger partial charge < -0.3 is 14.8 Å². The van der Waals surface area contributed by atoms with Crippen LogP contribution in [0.1, 0.15) is 39.0 Å². The molecule has 1 fully saturated rings. The van der Waals surface area contributed by atoms with Gasteiger partial charge in [-0.3, -0.25) is 4.79 Å². The molecular formula is C19H29ClN2O5S. The minimum Gasteiger partial charge on any atom is -0.495 e.